The van der Waals surface area contributed by atoms with Gasteiger partial charge in [-0.05, 0) is 71.8 Å². The molecule has 1 atom stereocenters. The van der Waals surface area contributed by atoms with Crippen molar-refractivity contribution in [3.05, 3.63) is 133 Å². The maximum absolute atomic E-state index is 6.33. The first kappa shape index (κ1) is 41.0. The Kier molecular flexibility index (Phi) is 13.3. The van der Waals surface area contributed by atoms with Crippen LogP contribution in [0.3, 0.4) is 0 Å². The molecule has 57 heavy (non-hydrogen) atoms. The molecule has 4 nitrogen and oxygen atoms in total. The van der Waals surface area contributed by atoms with Crippen molar-refractivity contribution in [3.8, 4) is 33.8 Å². The number of pyridine rings is 3. The molecule has 0 N–H and O–H groups in total. The van der Waals surface area contributed by atoms with Gasteiger partial charge in [0.25, 0.3) is 0 Å². The van der Waals surface area contributed by atoms with E-state index in [4.69, 9.17) is 19.4 Å². The SMILES string of the molecule is CC(c1ccnc(-c2[c-]ccc3c2oc2nc(-c4ccccc4)ccc23)c1)C1CCCCC1.C[Si](C)(C)c1cnc(-c2[c-]cccc2)cc1CC1CCCCC1.[Ir]. The number of hydrogen-bond acceptors (Lipinski definition) is 4. The largest absolute Gasteiger partial charge is 0.486 e. The van der Waals surface area contributed by atoms with Crippen LogP contribution in [0.1, 0.15) is 88.2 Å². The number of nitrogens with zero attached hydrogens (tertiary/aromatic N) is 3. The van der Waals surface area contributed by atoms with Crippen LogP contribution in [0.15, 0.2) is 114 Å². The molecule has 295 valence electrons. The Hall–Kier alpha value is -4.22. The number of hydrogen-bond donors (Lipinski definition) is 0. The Bertz CT molecular complexity index is 2370. The van der Waals surface area contributed by atoms with Gasteiger partial charge < -0.3 is 14.4 Å². The van der Waals surface area contributed by atoms with Crippen LogP contribution in [0, 0.1) is 24.0 Å². The molecule has 0 bridgehead atoms. The fourth-order valence-corrected chi connectivity index (χ4v) is 10.7. The molecule has 3 aromatic carbocycles. The maximum atomic E-state index is 6.33. The fourth-order valence-electron chi connectivity index (χ4n) is 9.10. The molecule has 2 aliphatic rings. The number of aromatic nitrogens is 3. The van der Waals surface area contributed by atoms with E-state index in [9.17, 15) is 0 Å². The van der Waals surface area contributed by atoms with Gasteiger partial charge in [0.2, 0.25) is 5.71 Å². The molecule has 0 amide bonds. The molecule has 0 spiro atoms. The maximum Gasteiger partial charge on any atom is 0.216 e. The second kappa shape index (κ2) is 18.6. The van der Waals surface area contributed by atoms with Crippen molar-refractivity contribution in [1.29, 1.82) is 0 Å². The van der Waals surface area contributed by atoms with E-state index < -0.39 is 8.07 Å². The van der Waals surface area contributed by atoms with Gasteiger partial charge >= 0.3 is 0 Å². The quantitative estimate of drug-likeness (QED) is 0.113. The third-order valence-corrected chi connectivity index (χ3v) is 14.4. The van der Waals surface area contributed by atoms with Gasteiger partial charge in [-0.3, -0.25) is 0 Å². The fraction of sp³-hybridized carbons (Fsp3) is 0.353. The minimum Gasteiger partial charge on any atom is -0.486 e. The van der Waals surface area contributed by atoms with Gasteiger partial charge in [-0.15, -0.1) is 54.1 Å². The van der Waals surface area contributed by atoms with Crippen LogP contribution in [0.2, 0.25) is 19.6 Å². The molecule has 4 aromatic heterocycles. The van der Waals surface area contributed by atoms with Crippen molar-refractivity contribution < 1.29 is 24.5 Å². The normalized spacial score (nSPS) is 15.8. The second-order valence-corrected chi connectivity index (χ2v) is 22.3. The Morgan fingerprint density at radius 1 is 0.719 bits per heavy atom. The Labute approximate surface area is 354 Å². The Morgan fingerprint density at radius 2 is 1.47 bits per heavy atom. The average Bonchev–Trinajstić information content (AvgIpc) is 3.63. The number of rotatable bonds is 8. The minimum absolute atomic E-state index is 0. The van der Waals surface area contributed by atoms with Gasteiger partial charge in [0, 0.05) is 43.4 Å². The molecule has 1 radical (unpaired) electrons. The molecule has 0 aliphatic heterocycles. The van der Waals surface area contributed by atoms with Crippen molar-refractivity contribution in [2.75, 3.05) is 0 Å². The van der Waals surface area contributed by atoms with Crippen LogP contribution in [-0.4, -0.2) is 23.0 Å². The summed E-state index contributed by atoms with van der Waals surface area (Å²) in [4.78, 5) is 14.3. The van der Waals surface area contributed by atoms with E-state index in [0.29, 0.717) is 11.6 Å². The predicted molar refractivity (Wildman–Crippen MR) is 236 cm³/mol. The Balaban J connectivity index is 0.000000183. The summed E-state index contributed by atoms with van der Waals surface area (Å²) in [5, 5.41) is 3.62. The van der Waals surface area contributed by atoms with E-state index in [1.165, 1.54) is 76.2 Å². The smallest absolute Gasteiger partial charge is 0.216 e. The minimum atomic E-state index is -1.36. The number of benzene rings is 3. The van der Waals surface area contributed by atoms with Crippen molar-refractivity contribution in [2.24, 2.45) is 11.8 Å². The van der Waals surface area contributed by atoms with Crippen LogP contribution in [0.25, 0.3) is 55.8 Å². The summed E-state index contributed by atoms with van der Waals surface area (Å²) in [6, 6.07) is 40.1. The third-order valence-electron chi connectivity index (χ3n) is 12.3. The van der Waals surface area contributed by atoms with E-state index in [1.807, 2.05) is 42.6 Å². The summed E-state index contributed by atoms with van der Waals surface area (Å²) in [7, 11) is -1.36. The van der Waals surface area contributed by atoms with Crippen molar-refractivity contribution in [3.63, 3.8) is 0 Å². The van der Waals surface area contributed by atoms with Gasteiger partial charge in [-0.2, -0.15) is 0 Å². The molecule has 0 saturated heterocycles. The van der Waals surface area contributed by atoms with Crippen LogP contribution >= 0.6 is 0 Å². The van der Waals surface area contributed by atoms with Crippen LogP contribution in [-0.2, 0) is 26.5 Å². The first-order valence-electron chi connectivity index (χ1n) is 21.0. The van der Waals surface area contributed by atoms with Crippen molar-refractivity contribution in [2.45, 2.75) is 103 Å². The number of fused-ring (bicyclic) bond motifs is 3. The van der Waals surface area contributed by atoms with Crippen LogP contribution in [0.5, 0.6) is 0 Å². The summed E-state index contributed by atoms with van der Waals surface area (Å²) in [5.74, 6) is 2.17. The predicted octanol–water partition coefficient (Wildman–Crippen LogP) is 13.4. The van der Waals surface area contributed by atoms with Gasteiger partial charge in [0.05, 0.1) is 19.4 Å². The first-order valence-corrected chi connectivity index (χ1v) is 24.5. The molecule has 9 rings (SSSR count). The molecule has 2 saturated carbocycles. The standard InChI is InChI=1S/C30H27N2O.C21H28NSi.Ir/c1-20(21-9-4-2-5-10-21)23-17-18-31-28(19-23)26-14-8-13-24-25-15-16-27(22-11-6-3-7-12-22)32-30(25)33-29(24)26;1-23(2,3)21-16-22-20(18-12-8-5-9-13-18)15-19(21)14-17-10-6-4-7-11-17;/h3,6-8,11-13,15-21H,2,4-5,9-10H2,1H3;5,8-9,12,15-17H,4,6-7,10-11,14H2,1-3H3;/q2*-1;. The zero-order valence-electron chi connectivity index (χ0n) is 34.0. The molecule has 2 fully saturated rings. The van der Waals surface area contributed by atoms with Gasteiger partial charge in [0.15, 0.2) is 0 Å². The van der Waals surface area contributed by atoms with Crippen LogP contribution in [0.4, 0.5) is 0 Å². The first-order chi connectivity index (χ1) is 27.3. The van der Waals surface area contributed by atoms with Crippen molar-refractivity contribution >= 4 is 35.3 Å². The van der Waals surface area contributed by atoms with Gasteiger partial charge in [0.1, 0.15) is 0 Å². The molecular weight excluding hydrogens is 891 g/mol. The monoisotopic (exact) mass is 946 g/mol. The third kappa shape index (κ3) is 9.57. The zero-order chi connectivity index (χ0) is 38.5. The average molecular weight is 946 g/mol. The van der Waals surface area contributed by atoms with Crippen molar-refractivity contribution in [1.82, 2.24) is 15.0 Å². The van der Waals surface area contributed by atoms with E-state index in [2.05, 4.69) is 106 Å². The topological polar surface area (TPSA) is 51.8 Å². The van der Waals surface area contributed by atoms with E-state index in [0.717, 1.165) is 62.0 Å². The van der Waals surface area contributed by atoms with Gasteiger partial charge in [-0.25, -0.2) is 4.98 Å². The molecule has 4 heterocycles. The van der Waals surface area contributed by atoms with E-state index in [1.54, 1.807) is 10.8 Å². The number of furan rings is 1. The summed E-state index contributed by atoms with van der Waals surface area (Å²) in [5.41, 5.74) is 10.4. The van der Waals surface area contributed by atoms with Crippen LogP contribution < -0.4 is 5.19 Å². The summed E-state index contributed by atoms with van der Waals surface area (Å²) < 4.78 is 6.33. The van der Waals surface area contributed by atoms with E-state index in [-0.39, 0.29) is 20.1 Å². The van der Waals surface area contributed by atoms with Gasteiger partial charge in [-0.1, -0.05) is 142 Å². The molecule has 2 aliphatic carbocycles. The summed E-state index contributed by atoms with van der Waals surface area (Å²) in [6.45, 7) is 9.67. The molecule has 7 aromatic rings. The van der Waals surface area contributed by atoms with E-state index >= 15 is 0 Å². The Morgan fingerprint density at radius 3 is 2.21 bits per heavy atom. The molecular formula is C51H55IrN3OSi-2. The summed E-state index contributed by atoms with van der Waals surface area (Å²) in [6.07, 6.45) is 19.2. The molecule has 1 unspecified atom stereocenters. The second-order valence-electron chi connectivity index (χ2n) is 17.2. The summed E-state index contributed by atoms with van der Waals surface area (Å²) >= 11 is 0. The zero-order valence-corrected chi connectivity index (χ0v) is 37.4. The molecule has 6 heteroatoms.